The van der Waals surface area contributed by atoms with Gasteiger partial charge in [-0.3, -0.25) is 0 Å². The van der Waals surface area contributed by atoms with Crippen LogP contribution in [0.1, 0.15) is 73.1 Å². The van der Waals surface area contributed by atoms with Crippen LogP contribution >= 0.6 is 0 Å². The van der Waals surface area contributed by atoms with Crippen LogP contribution in [-0.4, -0.2) is 25.3 Å². The second kappa shape index (κ2) is 12.0. The van der Waals surface area contributed by atoms with Crippen LogP contribution in [0.3, 0.4) is 0 Å². The van der Waals surface area contributed by atoms with Gasteiger partial charge in [-0.05, 0) is 44.6 Å². The van der Waals surface area contributed by atoms with E-state index < -0.39 is 0 Å². The van der Waals surface area contributed by atoms with Crippen LogP contribution in [0, 0.1) is 5.92 Å². The largest absolute Gasteiger partial charge is 0.377 e. The van der Waals surface area contributed by atoms with Gasteiger partial charge in [0, 0.05) is 12.6 Å². The highest BCUT2D eigenvalue weighted by atomic mass is 16.5. The molecule has 2 atom stereocenters. The zero-order valence-corrected chi connectivity index (χ0v) is 13.3. The Morgan fingerprint density at radius 3 is 2.22 bits per heavy atom. The van der Waals surface area contributed by atoms with Gasteiger partial charge >= 0.3 is 0 Å². The molecule has 0 bridgehead atoms. The first-order chi connectivity index (χ1) is 8.65. The molecule has 18 heavy (non-hydrogen) atoms. The molecular formula is C16H35NO. The standard InChI is InChI=1S/C16H35NO/c1-6-10-15(17-12-7-2)16(8-3)18-13-9-11-14(4)5/h14-17H,6-13H2,1-5H3. The fraction of sp³-hybridized carbons (Fsp3) is 1.00. The van der Waals surface area contributed by atoms with Crippen molar-refractivity contribution in [3.05, 3.63) is 0 Å². The van der Waals surface area contributed by atoms with Crippen LogP contribution in [-0.2, 0) is 4.74 Å². The lowest BCUT2D eigenvalue weighted by atomic mass is 10.0. The fourth-order valence-electron chi connectivity index (χ4n) is 2.30. The molecular weight excluding hydrogens is 222 g/mol. The van der Waals surface area contributed by atoms with Crippen LogP contribution in [0.25, 0.3) is 0 Å². The first-order valence-corrected chi connectivity index (χ1v) is 8.00. The van der Waals surface area contributed by atoms with Crippen molar-refractivity contribution in [3.8, 4) is 0 Å². The van der Waals surface area contributed by atoms with Gasteiger partial charge in [0.05, 0.1) is 6.10 Å². The molecule has 0 spiro atoms. The Morgan fingerprint density at radius 2 is 1.72 bits per heavy atom. The second-order valence-corrected chi connectivity index (χ2v) is 5.70. The van der Waals surface area contributed by atoms with Crippen molar-refractivity contribution in [1.82, 2.24) is 5.32 Å². The van der Waals surface area contributed by atoms with E-state index in [0.29, 0.717) is 12.1 Å². The molecule has 0 aromatic carbocycles. The number of hydrogen-bond acceptors (Lipinski definition) is 2. The molecule has 1 N–H and O–H groups in total. The minimum absolute atomic E-state index is 0.392. The molecule has 0 saturated carbocycles. The minimum atomic E-state index is 0.392. The highest BCUT2D eigenvalue weighted by Crippen LogP contribution is 2.12. The van der Waals surface area contributed by atoms with Crippen LogP contribution in [0.4, 0.5) is 0 Å². The molecule has 2 heteroatoms. The van der Waals surface area contributed by atoms with Crippen LogP contribution in [0.2, 0.25) is 0 Å². The molecule has 2 unspecified atom stereocenters. The van der Waals surface area contributed by atoms with Crippen LogP contribution < -0.4 is 5.32 Å². The summed E-state index contributed by atoms with van der Waals surface area (Å²) in [6.07, 6.45) is 7.63. The summed E-state index contributed by atoms with van der Waals surface area (Å²) in [5, 5.41) is 3.65. The Hall–Kier alpha value is -0.0800. The van der Waals surface area contributed by atoms with Crippen molar-refractivity contribution >= 4 is 0 Å². The van der Waals surface area contributed by atoms with Gasteiger partial charge in [0.25, 0.3) is 0 Å². The Balaban J connectivity index is 3.98. The molecule has 0 aliphatic heterocycles. The summed E-state index contributed by atoms with van der Waals surface area (Å²) in [5.41, 5.74) is 0. The van der Waals surface area contributed by atoms with E-state index >= 15 is 0 Å². The monoisotopic (exact) mass is 257 g/mol. The first kappa shape index (κ1) is 17.9. The first-order valence-electron chi connectivity index (χ1n) is 8.00. The fourth-order valence-corrected chi connectivity index (χ4v) is 2.30. The van der Waals surface area contributed by atoms with Crippen molar-refractivity contribution in [3.63, 3.8) is 0 Å². The maximum atomic E-state index is 6.09. The van der Waals surface area contributed by atoms with Crippen molar-refractivity contribution in [1.29, 1.82) is 0 Å². The highest BCUT2D eigenvalue weighted by Gasteiger charge is 2.18. The van der Waals surface area contributed by atoms with Crippen LogP contribution in [0.5, 0.6) is 0 Å². The van der Waals surface area contributed by atoms with Crippen molar-refractivity contribution < 1.29 is 4.74 Å². The van der Waals surface area contributed by atoms with Gasteiger partial charge in [0.2, 0.25) is 0 Å². The smallest absolute Gasteiger partial charge is 0.0725 e. The van der Waals surface area contributed by atoms with Gasteiger partial charge in [-0.2, -0.15) is 0 Å². The quantitative estimate of drug-likeness (QED) is 0.524. The Morgan fingerprint density at radius 1 is 1.00 bits per heavy atom. The molecule has 0 fully saturated rings. The van der Waals surface area contributed by atoms with Gasteiger partial charge in [0.1, 0.15) is 0 Å². The number of rotatable bonds is 12. The van der Waals surface area contributed by atoms with Gasteiger partial charge in [-0.15, -0.1) is 0 Å². The lowest BCUT2D eigenvalue weighted by Gasteiger charge is -2.27. The van der Waals surface area contributed by atoms with Crippen molar-refractivity contribution in [2.75, 3.05) is 13.2 Å². The molecule has 0 aliphatic rings. The van der Waals surface area contributed by atoms with Crippen molar-refractivity contribution in [2.45, 2.75) is 85.3 Å². The summed E-state index contributed by atoms with van der Waals surface area (Å²) in [6, 6.07) is 0.541. The molecule has 0 rings (SSSR count). The maximum Gasteiger partial charge on any atom is 0.0725 e. The number of hydrogen-bond donors (Lipinski definition) is 1. The summed E-state index contributed by atoms with van der Waals surface area (Å²) in [6.45, 7) is 13.3. The number of nitrogens with one attached hydrogen (secondary N) is 1. The zero-order valence-electron chi connectivity index (χ0n) is 13.3. The molecule has 0 amide bonds. The van der Waals surface area contributed by atoms with Gasteiger partial charge in [-0.1, -0.05) is 41.0 Å². The van der Waals surface area contributed by atoms with Gasteiger partial charge in [-0.25, -0.2) is 0 Å². The third kappa shape index (κ3) is 8.93. The van der Waals surface area contributed by atoms with E-state index in [1.54, 1.807) is 0 Å². The average Bonchev–Trinajstić information content (AvgIpc) is 2.35. The average molecular weight is 257 g/mol. The molecule has 110 valence electrons. The number of ether oxygens (including phenoxy) is 1. The Labute approximate surface area is 115 Å². The third-order valence-corrected chi connectivity index (χ3v) is 3.37. The van der Waals surface area contributed by atoms with Crippen molar-refractivity contribution in [2.24, 2.45) is 5.92 Å². The van der Waals surface area contributed by atoms with Gasteiger partial charge < -0.3 is 10.1 Å². The van der Waals surface area contributed by atoms with E-state index in [1.165, 1.54) is 32.1 Å². The SMILES string of the molecule is CCCNC(CCC)C(CC)OCCCC(C)C. The highest BCUT2D eigenvalue weighted by molar-refractivity contribution is 4.76. The van der Waals surface area contributed by atoms with E-state index in [9.17, 15) is 0 Å². The predicted molar refractivity (Wildman–Crippen MR) is 81.1 cm³/mol. The Kier molecular flexibility index (Phi) is 11.9. The molecule has 0 saturated heterocycles. The molecule has 2 nitrogen and oxygen atoms in total. The van der Waals surface area contributed by atoms with E-state index in [4.69, 9.17) is 4.74 Å². The third-order valence-electron chi connectivity index (χ3n) is 3.37. The van der Waals surface area contributed by atoms with Gasteiger partial charge in [0.15, 0.2) is 0 Å². The predicted octanol–water partition coefficient (Wildman–Crippen LogP) is 4.39. The molecule has 0 radical (unpaired) electrons. The molecule has 0 aromatic rings. The van der Waals surface area contributed by atoms with E-state index in [2.05, 4.69) is 39.9 Å². The summed E-state index contributed by atoms with van der Waals surface area (Å²) in [5.74, 6) is 0.790. The van der Waals surface area contributed by atoms with E-state index in [1.807, 2.05) is 0 Å². The van der Waals surface area contributed by atoms with E-state index in [-0.39, 0.29) is 0 Å². The lowest BCUT2D eigenvalue weighted by molar-refractivity contribution is 0.0186. The van der Waals surface area contributed by atoms with E-state index in [0.717, 1.165) is 25.5 Å². The molecule has 0 heterocycles. The Bertz CT molecular complexity index is 170. The zero-order chi connectivity index (χ0) is 13.8. The normalized spacial score (nSPS) is 15.0. The van der Waals surface area contributed by atoms with Crippen LogP contribution in [0.15, 0.2) is 0 Å². The summed E-state index contributed by atoms with van der Waals surface area (Å²) in [4.78, 5) is 0. The second-order valence-electron chi connectivity index (χ2n) is 5.70. The molecule has 0 aromatic heterocycles. The summed E-state index contributed by atoms with van der Waals surface area (Å²) in [7, 11) is 0. The summed E-state index contributed by atoms with van der Waals surface area (Å²) >= 11 is 0. The summed E-state index contributed by atoms with van der Waals surface area (Å²) < 4.78 is 6.09. The maximum absolute atomic E-state index is 6.09. The molecule has 0 aliphatic carbocycles. The lowest BCUT2D eigenvalue weighted by Crippen LogP contribution is -2.41. The topological polar surface area (TPSA) is 21.3 Å². The minimum Gasteiger partial charge on any atom is -0.377 e.